The van der Waals surface area contributed by atoms with Crippen molar-refractivity contribution < 1.29 is 33.7 Å². The molecule has 1 aromatic carbocycles. The Bertz CT molecular complexity index is 1020. The van der Waals surface area contributed by atoms with Crippen LogP contribution in [0.1, 0.15) is 50.3 Å². The summed E-state index contributed by atoms with van der Waals surface area (Å²) in [6, 6.07) is 1.46. The molecule has 2 amide bonds. The van der Waals surface area contributed by atoms with Gasteiger partial charge in [0.2, 0.25) is 5.91 Å². The molecule has 2 atom stereocenters. The van der Waals surface area contributed by atoms with Crippen molar-refractivity contribution in [3.63, 3.8) is 0 Å². The van der Waals surface area contributed by atoms with Crippen molar-refractivity contribution >= 4 is 18.0 Å². The van der Waals surface area contributed by atoms with Crippen LogP contribution in [0.15, 0.2) is 30.9 Å². The van der Waals surface area contributed by atoms with E-state index in [0.717, 1.165) is 16.7 Å². The molecule has 11 nitrogen and oxygen atoms in total. The molecule has 0 radical (unpaired) electrons. The highest BCUT2D eigenvalue weighted by Gasteiger charge is 2.29. The van der Waals surface area contributed by atoms with Crippen LogP contribution in [0.5, 0.6) is 5.75 Å². The number of amides is 2. The number of aryl methyl sites for hydroxylation is 3. The minimum absolute atomic E-state index is 0.0981. The lowest BCUT2D eigenvalue weighted by atomic mass is 9.95. The van der Waals surface area contributed by atoms with Gasteiger partial charge in [0.05, 0.1) is 6.33 Å². The molecule has 0 spiro atoms. The minimum Gasteiger partial charge on any atom is -0.480 e. The number of alkyl carbamates (subject to hydrolysis) is 1. The lowest BCUT2D eigenvalue weighted by Gasteiger charge is -2.25. The van der Waals surface area contributed by atoms with Crippen molar-refractivity contribution in [2.24, 2.45) is 0 Å². The summed E-state index contributed by atoms with van der Waals surface area (Å²) < 4.78 is 17.7. The molecule has 0 aliphatic heterocycles. The molecule has 0 saturated heterocycles. The molecule has 0 saturated carbocycles. The second-order valence-corrected chi connectivity index (χ2v) is 9.83. The molecule has 2 aromatic rings. The van der Waals surface area contributed by atoms with E-state index in [1.807, 2.05) is 30.5 Å². The number of benzene rings is 1. The van der Waals surface area contributed by atoms with Gasteiger partial charge in [0.25, 0.3) is 0 Å². The fraction of sp³-hybridized carbons (Fsp3) is 0.538. The SMILES string of the molecule is COCOc1cc(C)c(C[C@H](NC(=O)OC(C)(C)C)C(=O)N[C@H](CCCn2ccnc2)C(=O)O)c(C)c1. The molecule has 3 N–H and O–H groups in total. The molecule has 1 aromatic heterocycles. The number of carboxylic acids is 1. The van der Waals surface area contributed by atoms with Gasteiger partial charge in [-0.05, 0) is 76.3 Å². The van der Waals surface area contributed by atoms with Crippen LogP contribution >= 0.6 is 0 Å². The highest BCUT2D eigenvalue weighted by Crippen LogP contribution is 2.23. The summed E-state index contributed by atoms with van der Waals surface area (Å²) in [7, 11) is 1.53. The van der Waals surface area contributed by atoms with Crippen LogP contribution in [0.2, 0.25) is 0 Å². The number of hydrogen-bond donors (Lipinski definition) is 3. The van der Waals surface area contributed by atoms with Gasteiger partial charge in [0.1, 0.15) is 23.4 Å². The summed E-state index contributed by atoms with van der Waals surface area (Å²) in [5.74, 6) is -1.15. The number of imidazole rings is 1. The van der Waals surface area contributed by atoms with E-state index in [2.05, 4.69) is 15.6 Å². The first-order chi connectivity index (χ1) is 17.4. The molecule has 1 heterocycles. The van der Waals surface area contributed by atoms with E-state index < -0.39 is 35.7 Å². The van der Waals surface area contributed by atoms with Gasteiger partial charge in [-0.1, -0.05) is 0 Å². The molecule has 11 heteroatoms. The summed E-state index contributed by atoms with van der Waals surface area (Å²) in [5.41, 5.74) is 1.76. The molecular formula is C26H38N4O7. The van der Waals surface area contributed by atoms with Crippen LogP contribution in [-0.4, -0.2) is 64.2 Å². The third kappa shape index (κ3) is 10.1. The van der Waals surface area contributed by atoms with Gasteiger partial charge < -0.3 is 34.5 Å². The van der Waals surface area contributed by atoms with Gasteiger partial charge in [-0.25, -0.2) is 14.6 Å². The monoisotopic (exact) mass is 518 g/mol. The van der Waals surface area contributed by atoms with E-state index in [1.165, 1.54) is 7.11 Å². The molecule has 0 fully saturated rings. The molecular weight excluding hydrogens is 480 g/mol. The third-order valence-electron chi connectivity index (χ3n) is 5.51. The smallest absolute Gasteiger partial charge is 0.408 e. The van der Waals surface area contributed by atoms with Gasteiger partial charge in [0.15, 0.2) is 6.79 Å². The number of carboxylic acid groups (broad SMARTS) is 1. The Morgan fingerprint density at radius 2 is 1.78 bits per heavy atom. The van der Waals surface area contributed by atoms with E-state index in [4.69, 9.17) is 14.2 Å². The number of carbonyl (C=O) groups is 3. The number of rotatable bonds is 13. The van der Waals surface area contributed by atoms with Gasteiger partial charge in [-0.15, -0.1) is 0 Å². The first kappa shape index (κ1) is 29.6. The Balaban J connectivity index is 2.20. The zero-order valence-corrected chi connectivity index (χ0v) is 22.4. The van der Waals surface area contributed by atoms with Crippen molar-refractivity contribution in [3.05, 3.63) is 47.5 Å². The first-order valence-corrected chi connectivity index (χ1v) is 12.1. The van der Waals surface area contributed by atoms with Crippen molar-refractivity contribution in [1.29, 1.82) is 0 Å². The Kier molecular flexibility index (Phi) is 10.9. The maximum Gasteiger partial charge on any atom is 0.408 e. The van der Waals surface area contributed by atoms with Crippen LogP contribution in [0.4, 0.5) is 4.79 Å². The fourth-order valence-corrected chi connectivity index (χ4v) is 3.78. The predicted octanol–water partition coefficient (Wildman–Crippen LogP) is 2.97. The number of aromatic nitrogens is 2. The van der Waals surface area contributed by atoms with Gasteiger partial charge >= 0.3 is 12.1 Å². The standard InChI is InChI=1S/C26H38N4O7/c1-17-12-19(36-16-35-6)13-18(2)20(17)14-22(29-25(34)37-26(3,4)5)23(31)28-21(24(32)33)8-7-10-30-11-9-27-15-30/h9,11-13,15,21-22H,7-8,10,14,16H2,1-6H3,(H,28,31)(H,29,34)(H,32,33)/t21-,22+/m1/s1. The quantitative estimate of drug-likeness (QED) is 0.344. The largest absolute Gasteiger partial charge is 0.480 e. The minimum atomic E-state index is -1.15. The summed E-state index contributed by atoms with van der Waals surface area (Å²) in [4.78, 5) is 41.7. The molecule has 0 bridgehead atoms. The maximum atomic E-state index is 13.3. The number of aliphatic carboxylic acids is 1. The Labute approximate surface area is 217 Å². The normalized spacial score (nSPS) is 12.9. The van der Waals surface area contributed by atoms with Crippen molar-refractivity contribution in [2.45, 2.75) is 78.1 Å². The number of methoxy groups -OCH3 is 1. The van der Waals surface area contributed by atoms with Crippen LogP contribution in [0, 0.1) is 13.8 Å². The number of ether oxygens (including phenoxy) is 3. The zero-order chi connectivity index (χ0) is 27.6. The zero-order valence-electron chi connectivity index (χ0n) is 22.4. The summed E-state index contributed by atoms with van der Waals surface area (Å²) in [6.07, 6.45) is 5.16. The van der Waals surface area contributed by atoms with E-state index in [9.17, 15) is 19.5 Å². The van der Waals surface area contributed by atoms with Gasteiger partial charge in [-0.3, -0.25) is 4.79 Å². The topological polar surface area (TPSA) is 141 Å². The Morgan fingerprint density at radius 3 is 2.32 bits per heavy atom. The average molecular weight is 519 g/mol. The predicted molar refractivity (Wildman–Crippen MR) is 136 cm³/mol. The number of nitrogens with zero attached hydrogens (tertiary/aromatic N) is 2. The van der Waals surface area contributed by atoms with Crippen LogP contribution in [0.25, 0.3) is 0 Å². The van der Waals surface area contributed by atoms with E-state index in [0.29, 0.717) is 18.7 Å². The first-order valence-electron chi connectivity index (χ1n) is 12.1. The Morgan fingerprint density at radius 1 is 1.11 bits per heavy atom. The second-order valence-electron chi connectivity index (χ2n) is 9.83. The highest BCUT2D eigenvalue weighted by molar-refractivity contribution is 5.89. The fourth-order valence-electron chi connectivity index (χ4n) is 3.78. The molecule has 2 rings (SSSR count). The van der Waals surface area contributed by atoms with Crippen LogP contribution < -0.4 is 15.4 Å². The van der Waals surface area contributed by atoms with Crippen LogP contribution in [-0.2, 0) is 32.0 Å². The number of carbonyl (C=O) groups excluding carboxylic acids is 2. The average Bonchev–Trinajstić information content (AvgIpc) is 3.30. The van der Waals surface area contributed by atoms with Crippen molar-refractivity contribution in [3.8, 4) is 5.75 Å². The number of hydrogen-bond acceptors (Lipinski definition) is 7. The highest BCUT2D eigenvalue weighted by atomic mass is 16.7. The summed E-state index contributed by atoms with van der Waals surface area (Å²) in [5, 5.41) is 14.9. The molecule has 204 valence electrons. The van der Waals surface area contributed by atoms with Crippen molar-refractivity contribution in [2.75, 3.05) is 13.9 Å². The number of nitrogens with one attached hydrogen (secondary N) is 2. The Hall–Kier alpha value is -3.60. The summed E-state index contributed by atoms with van der Waals surface area (Å²) in [6.45, 7) is 9.57. The molecule has 37 heavy (non-hydrogen) atoms. The lowest BCUT2D eigenvalue weighted by molar-refractivity contribution is -0.142. The molecule has 0 aliphatic carbocycles. The molecule has 0 aliphatic rings. The van der Waals surface area contributed by atoms with E-state index >= 15 is 0 Å². The lowest BCUT2D eigenvalue weighted by Crippen LogP contribution is -2.53. The van der Waals surface area contributed by atoms with E-state index in [1.54, 1.807) is 39.5 Å². The molecule has 0 unspecified atom stereocenters. The van der Waals surface area contributed by atoms with E-state index in [-0.39, 0.29) is 19.6 Å². The van der Waals surface area contributed by atoms with Gasteiger partial charge in [-0.2, -0.15) is 0 Å². The second kappa shape index (κ2) is 13.6. The maximum absolute atomic E-state index is 13.3. The summed E-state index contributed by atoms with van der Waals surface area (Å²) >= 11 is 0. The third-order valence-corrected chi connectivity index (χ3v) is 5.51. The van der Waals surface area contributed by atoms with Crippen LogP contribution in [0.3, 0.4) is 0 Å². The van der Waals surface area contributed by atoms with Crippen molar-refractivity contribution in [1.82, 2.24) is 20.2 Å². The van der Waals surface area contributed by atoms with Gasteiger partial charge in [0, 0.05) is 32.5 Å².